The molecule has 0 amide bonds. The Hall–Kier alpha value is -1.47. The zero-order chi connectivity index (χ0) is 17.5. The third-order valence-corrected chi connectivity index (χ3v) is 7.35. The van der Waals surface area contributed by atoms with Crippen molar-refractivity contribution in [3.63, 3.8) is 0 Å². The second-order valence-corrected chi connectivity index (χ2v) is 8.55. The van der Waals surface area contributed by atoms with E-state index in [1.165, 1.54) is 48.5 Å². The molecule has 1 saturated carbocycles. The van der Waals surface area contributed by atoms with Crippen LogP contribution in [0.1, 0.15) is 11.5 Å². The molecule has 1 aliphatic carbocycles. The van der Waals surface area contributed by atoms with E-state index in [2.05, 4.69) is 0 Å². The molecule has 1 aliphatic rings. The molecule has 0 spiro atoms. The summed E-state index contributed by atoms with van der Waals surface area (Å²) < 4.78 is 39.2. The topological polar surface area (TPSA) is 80.4 Å². The fourth-order valence-electron chi connectivity index (χ4n) is 3.39. The molecule has 3 atom stereocenters. The first-order chi connectivity index (χ1) is 11.4. The number of hydrogen-bond acceptors (Lipinski definition) is 4. The standard InChI is InChI=1S/C17H17ClFNO3S/c18-12-3-7-14(8-4-12)24(22,23)16-15(17(16,9-20)10-21)11-1-5-13(19)6-2-11/h1-8,15-16,21H,9-10,20H2/t15-,16+,17-/m0/s1. The molecule has 3 rings (SSSR count). The van der Waals surface area contributed by atoms with E-state index in [0.29, 0.717) is 10.6 Å². The maximum Gasteiger partial charge on any atom is 0.182 e. The molecule has 128 valence electrons. The van der Waals surface area contributed by atoms with Crippen molar-refractivity contribution in [1.82, 2.24) is 0 Å². The molecule has 0 radical (unpaired) electrons. The lowest BCUT2D eigenvalue weighted by atomic mass is 10.0. The zero-order valence-corrected chi connectivity index (χ0v) is 14.3. The smallest absolute Gasteiger partial charge is 0.182 e. The van der Waals surface area contributed by atoms with E-state index >= 15 is 0 Å². The van der Waals surface area contributed by atoms with Crippen molar-refractivity contribution in [2.75, 3.05) is 13.2 Å². The van der Waals surface area contributed by atoms with E-state index in [9.17, 15) is 17.9 Å². The number of aliphatic hydroxyl groups excluding tert-OH is 1. The van der Waals surface area contributed by atoms with Crippen LogP contribution in [0.2, 0.25) is 5.02 Å². The van der Waals surface area contributed by atoms with Gasteiger partial charge in [0, 0.05) is 22.9 Å². The maximum absolute atomic E-state index is 13.2. The van der Waals surface area contributed by atoms with Crippen LogP contribution in [0.15, 0.2) is 53.4 Å². The summed E-state index contributed by atoms with van der Waals surface area (Å²) in [6.07, 6.45) is 0. The summed E-state index contributed by atoms with van der Waals surface area (Å²) in [5.41, 5.74) is 5.50. The molecule has 2 aromatic carbocycles. The van der Waals surface area contributed by atoms with Crippen LogP contribution in [0.25, 0.3) is 0 Å². The minimum absolute atomic E-state index is 0.0169. The predicted molar refractivity (Wildman–Crippen MR) is 90.1 cm³/mol. The number of rotatable bonds is 5. The normalized spacial score (nSPS) is 26.3. The lowest BCUT2D eigenvalue weighted by Crippen LogP contribution is -2.27. The van der Waals surface area contributed by atoms with Gasteiger partial charge in [0.05, 0.1) is 16.8 Å². The number of aliphatic hydroxyl groups is 1. The van der Waals surface area contributed by atoms with Gasteiger partial charge >= 0.3 is 0 Å². The van der Waals surface area contributed by atoms with Crippen LogP contribution in [-0.2, 0) is 9.84 Å². The molecule has 0 aromatic heterocycles. The lowest BCUT2D eigenvalue weighted by Gasteiger charge is -2.12. The molecule has 7 heteroatoms. The van der Waals surface area contributed by atoms with Gasteiger partial charge in [0.25, 0.3) is 0 Å². The number of sulfone groups is 1. The van der Waals surface area contributed by atoms with Crippen LogP contribution in [-0.4, -0.2) is 31.9 Å². The molecule has 24 heavy (non-hydrogen) atoms. The first-order valence-corrected chi connectivity index (χ1v) is 9.35. The van der Waals surface area contributed by atoms with Crippen LogP contribution in [0.4, 0.5) is 4.39 Å². The van der Waals surface area contributed by atoms with Crippen molar-refractivity contribution in [2.45, 2.75) is 16.1 Å². The van der Waals surface area contributed by atoms with Crippen molar-refractivity contribution >= 4 is 21.4 Å². The SMILES string of the molecule is NC[C@@]1(CO)[C@H](S(=O)(=O)c2ccc(Cl)cc2)[C@@H]1c1ccc(F)cc1. The van der Waals surface area contributed by atoms with Gasteiger partial charge in [-0.25, -0.2) is 12.8 Å². The molecule has 4 nitrogen and oxygen atoms in total. The van der Waals surface area contributed by atoms with E-state index in [1.54, 1.807) is 0 Å². The van der Waals surface area contributed by atoms with E-state index in [4.69, 9.17) is 17.3 Å². The predicted octanol–water partition coefficient (Wildman–Crippen LogP) is 2.36. The minimum atomic E-state index is -3.71. The van der Waals surface area contributed by atoms with Crippen LogP contribution < -0.4 is 5.73 Å². The highest BCUT2D eigenvalue weighted by Crippen LogP contribution is 2.63. The Kier molecular flexibility index (Phi) is 4.42. The van der Waals surface area contributed by atoms with Gasteiger partial charge in [0.2, 0.25) is 0 Å². The number of benzene rings is 2. The van der Waals surface area contributed by atoms with Crippen LogP contribution in [0.5, 0.6) is 0 Å². The maximum atomic E-state index is 13.2. The molecule has 0 aliphatic heterocycles. The Bertz CT molecular complexity index is 833. The molecule has 1 fully saturated rings. The summed E-state index contributed by atoms with van der Waals surface area (Å²) in [6.45, 7) is -0.341. The van der Waals surface area contributed by atoms with Crippen molar-refractivity contribution in [3.05, 3.63) is 64.9 Å². The molecule has 0 saturated heterocycles. The summed E-state index contributed by atoms with van der Waals surface area (Å²) in [4.78, 5) is 0.132. The molecular weight excluding hydrogens is 353 g/mol. The molecule has 0 heterocycles. The van der Waals surface area contributed by atoms with Crippen molar-refractivity contribution in [2.24, 2.45) is 11.1 Å². The van der Waals surface area contributed by atoms with E-state index in [0.717, 1.165) is 0 Å². The lowest BCUT2D eigenvalue weighted by molar-refractivity contribution is 0.212. The Labute approximate surface area is 145 Å². The first kappa shape index (κ1) is 17.4. The van der Waals surface area contributed by atoms with Crippen molar-refractivity contribution in [3.8, 4) is 0 Å². The largest absolute Gasteiger partial charge is 0.396 e. The Morgan fingerprint density at radius 3 is 2.21 bits per heavy atom. The van der Waals surface area contributed by atoms with Gasteiger partial charge in [0.1, 0.15) is 5.82 Å². The van der Waals surface area contributed by atoms with Gasteiger partial charge in [0.15, 0.2) is 9.84 Å². The van der Waals surface area contributed by atoms with Gasteiger partial charge in [-0.3, -0.25) is 0 Å². The fraction of sp³-hybridized carbons (Fsp3) is 0.294. The van der Waals surface area contributed by atoms with Crippen molar-refractivity contribution < 1.29 is 17.9 Å². The highest BCUT2D eigenvalue weighted by atomic mass is 35.5. The second-order valence-electron chi connectivity index (χ2n) is 6.04. The number of hydrogen-bond donors (Lipinski definition) is 2. The van der Waals surface area contributed by atoms with Gasteiger partial charge in [-0.05, 0) is 42.0 Å². The van der Waals surface area contributed by atoms with Gasteiger partial charge in [-0.1, -0.05) is 23.7 Å². The second kappa shape index (κ2) is 6.11. The molecule has 0 unspecified atom stereocenters. The summed E-state index contributed by atoms with van der Waals surface area (Å²) >= 11 is 5.82. The average Bonchev–Trinajstić information content (AvgIpc) is 3.26. The highest BCUT2D eigenvalue weighted by molar-refractivity contribution is 7.92. The van der Waals surface area contributed by atoms with E-state index in [-0.39, 0.29) is 18.0 Å². The third kappa shape index (κ3) is 2.63. The summed E-state index contributed by atoms with van der Waals surface area (Å²) in [5, 5.41) is 9.41. The molecule has 0 bridgehead atoms. The monoisotopic (exact) mass is 369 g/mol. The van der Waals surface area contributed by atoms with Gasteiger partial charge < -0.3 is 10.8 Å². The Morgan fingerprint density at radius 2 is 1.71 bits per heavy atom. The fourth-order valence-corrected chi connectivity index (χ4v) is 5.96. The third-order valence-electron chi connectivity index (χ3n) is 4.76. The van der Waals surface area contributed by atoms with Gasteiger partial charge in [-0.15, -0.1) is 0 Å². The molecular formula is C17H17ClFNO3S. The highest BCUT2D eigenvalue weighted by Gasteiger charge is 2.70. The van der Waals surface area contributed by atoms with Crippen LogP contribution in [0.3, 0.4) is 0 Å². The Morgan fingerprint density at radius 1 is 1.12 bits per heavy atom. The number of nitrogens with two attached hydrogens (primary N) is 1. The average molecular weight is 370 g/mol. The summed E-state index contributed by atoms with van der Waals surface area (Å²) in [5.74, 6) is -0.882. The van der Waals surface area contributed by atoms with E-state index in [1.807, 2.05) is 0 Å². The zero-order valence-electron chi connectivity index (χ0n) is 12.7. The first-order valence-electron chi connectivity index (χ1n) is 7.42. The molecule has 2 aromatic rings. The van der Waals surface area contributed by atoms with Crippen molar-refractivity contribution in [1.29, 1.82) is 0 Å². The minimum Gasteiger partial charge on any atom is -0.396 e. The number of halogens is 2. The summed E-state index contributed by atoms with van der Waals surface area (Å²) in [6, 6.07) is 11.5. The van der Waals surface area contributed by atoms with Crippen LogP contribution in [0, 0.1) is 11.2 Å². The quantitative estimate of drug-likeness (QED) is 0.847. The van der Waals surface area contributed by atoms with Crippen LogP contribution >= 0.6 is 11.6 Å². The molecule has 3 N–H and O–H groups in total. The van der Waals surface area contributed by atoms with E-state index < -0.39 is 32.2 Å². The Balaban J connectivity index is 2.04. The summed E-state index contributed by atoms with van der Waals surface area (Å²) in [7, 11) is -3.71. The van der Waals surface area contributed by atoms with Gasteiger partial charge in [-0.2, -0.15) is 0 Å².